The normalized spacial score (nSPS) is 20.1. The fourth-order valence-corrected chi connectivity index (χ4v) is 2.73. The number of hydrogen-bond donors (Lipinski definition) is 2. The first kappa shape index (κ1) is 16.0. The number of furan rings is 1. The number of carbonyl (C=O) groups excluding carboxylic acids is 1. The quantitative estimate of drug-likeness (QED) is 0.806. The highest BCUT2D eigenvalue weighted by molar-refractivity contribution is 5.78. The lowest BCUT2D eigenvalue weighted by Gasteiger charge is -2.29. The molecule has 2 atom stereocenters. The summed E-state index contributed by atoms with van der Waals surface area (Å²) < 4.78 is 5.32. The van der Waals surface area contributed by atoms with Gasteiger partial charge in [-0.2, -0.15) is 0 Å². The summed E-state index contributed by atoms with van der Waals surface area (Å²) in [4.78, 5) is 14.5. The van der Waals surface area contributed by atoms with Crippen LogP contribution in [0, 0.1) is 0 Å². The summed E-state index contributed by atoms with van der Waals surface area (Å²) in [6, 6.07) is 4.50. The standard InChI is InChI=1S/C16H27N3O2/c1-12(2)19(10-14-6-4-8-17-14)11-16(20)18-13(3)15-7-5-9-21-15/h5,7,9,12-14,17H,4,6,8,10-11H2,1-3H3,(H,18,20). The van der Waals surface area contributed by atoms with Crippen molar-refractivity contribution in [2.75, 3.05) is 19.6 Å². The van der Waals surface area contributed by atoms with E-state index in [4.69, 9.17) is 4.42 Å². The van der Waals surface area contributed by atoms with E-state index in [9.17, 15) is 4.79 Å². The van der Waals surface area contributed by atoms with Gasteiger partial charge in [-0.15, -0.1) is 0 Å². The number of nitrogens with one attached hydrogen (secondary N) is 2. The summed E-state index contributed by atoms with van der Waals surface area (Å²) in [6.45, 7) is 8.67. The monoisotopic (exact) mass is 293 g/mol. The zero-order chi connectivity index (χ0) is 15.2. The van der Waals surface area contributed by atoms with Crippen LogP contribution < -0.4 is 10.6 Å². The van der Waals surface area contributed by atoms with Gasteiger partial charge in [0.25, 0.3) is 0 Å². The number of rotatable bonds is 7. The third kappa shape index (κ3) is 4.86. The van der Waals surface area contributed by atoms with Crippen LogP contribution in [0.2, 0.25) is 0 Å². The minimum absolute atomic E-state index is 0.0468. The molecule has 0 bridgehead atoms. The molecule has 5 nitrogen and oxygen atoms in total. The SMILES string of the molecule is CC(NC(=O)CN(CC1CCCN1)C(C)C)c1ccco1. The highest BCUT2D eigenvalue weighted by Gasteiger charge is 2.22. The van der Waals surface area contributed by atoms with E-state index in [2.05, 4.69) is 29.4 Å². The molecule has 118 valence electrons. The van der Waals surface area contributed by atoms with Crippen LogP contribution in [0.15, 0.2) is 22.8 Å². The first-order valence-electron chi connectivity index (χ1n) is 7.86. The van der Waals surface area contributed by atoms with Crippen molar-refractivity contribution in [1.82, 2.24) is 15.5 Å². The molecular weight excluding hydrogens is 266 g/mol. The van der Waals surface area contributed by atoms with E-state index >= 15 is 0 Å². The Morgan fingerprint density at radius 1 is 1.52 bits per heavy atom. The van der Waals surface area contributed by atoms with Crippen LogP contribution in [-0.2, 0) is 4.79 Å². The van der Waals surface area contributed by atoms with E-state index in [-0.39, 0.29) is 11.9 Å². The molecule has 1 aromatic heterocycles. The van der Waals surface area contributed by atoms with Crippen molar-refractivity contribution in [2.24, 2.45) is 0 Å². The van der Waals surface area contributed by atoms with Gasteiger partial charge in [0.15, 0.2) is 0 Å². The van der Waals surface area contributed by atoms with Crippen LogP contribution in [0.25, 0.3) is 0 Å². The van der Waals surface area contributed by atoms with Crippen LogP contribution in [0.1, 0.15) is 45.4 Å². The van der Waals surface area contributed by atoms with Crippen molar-refractivity contribution in [1.29, 1.82) is 0 Å². The molecule has 0 spiro atoms. The second-order valence-electron chi connectivity index (χ2n) is 6.12. The molecule has 5 heteroatoms. The van der Waals surface area contributed by atoms with Gasteiger partial charge in [0, 0.05) is 18.6 Å². The van der Waals surface area contributed by atoms with Crippen LogP contribution >= 0.6 is 0 Å². The second-order valence-corrected chi connectivity index (χ2v) is 6.12. The Bertz CT molecular complexity index is 425. The van der Waals surface area contributed by atoms with E-state index in [1.165, 1.54) is 12.8 Å². The average molecular weight is 293 g/mol. The fourth-order valence-electron chi connectivity index (χ4n) is 2.73. The third-order valence-electron chi connectivity index (χ3n) is 4.04. The molecule has 2 rings (SSSR count). The summed E-state index contributed by atoms with van der Waals surface area (Å²) in [5.74, 6) is 0.836. The van der Waals surface area contributed by atoms with E-state index in [0.29, 0.717) is 18.6 Å². The Labute approximate surface area is 127 Å². The van der Waals surface area contributed by atoms with Crippen LogP contribution in [-0.4, -0.2) is 42.5 Å². The maximum Gasteiger partial charge on any atom is 0.234 e. The Morgan fingerprint density at radius 3 is 2.90 bits per heavy atom. The van der Waals surface area contributed by atoms with Crippen LogP contribution in [0.3, 0.4) is 0 Å². The summed E-state index contributed by atoms with van der Waals surface area (Å²) in [5.41, 5.74) is 0. The molecule has 1 saturated heterocycles. The van der Waals surface area contributed by atoms with Crippen molar-refractivity contribution in [3.63, 3.8) is 0 Å². The molecule has 1 aromatic rings. The number of hydrogen-bond acceptors (Lipinski definition) is 4. The molecule has 21 heavy (non-hydrogen) atoms. The lowest BCUT2D eigenvalue weighted by Crippen LogP contribution is -2.46. The predicted octanol–water partition coefficient (Wildman–Crippen LogP) is 1.92. The Kier molecular flexibility index (Phi) is 5.82. The van der Waals surface area contributed by atoms with Crippen molar-refractivity contribution < 1.29 is 9.21 Å². The summed E-state index contributed by atoms with van der Waals surface area (Å²) >= 11 is 0. The van der Waals surface area contributed by atoms with Gasteiger partial charge in [-0.3, -0.25) is 9.69 Å². The molecule has 0 saturated carbocycles. The first-order valence-corrected chi connectivity index (χ1v) is 7.86. The summed E-state index contributed by atoms with van der Waals surface area (Å²) in [6.07, 6.45) is 4.07. The largest absolute Gasteiger partial charge is 0.467 e. The Balaban J connectivity index is 1.82. The lowest BCUT2D eigenvalue weighted by atomic mass is 10.2. The zero-order valence-corrected chi connectivity index (χ0v) is 13.3. The van der Waals surface area contributed by atoms with Gasteiger partial charge in [-0.1, -0.05) is 0 Å². The van der Waals surface area contributed by atoms with E-state index in [1.54, 1.807) is 6.26 Å². The third-order valence-corrected chi connectivity index (χ3v) is 4.04. The van der Waals surface area contributed by atoms with E-state index < -0.39 is 0 Å². The molecule has 0 aliphatic carbocycles. The van der Waals surface area contributed by atoms with Crippen molar-refractivity contribution in [3.8, 4) is 0 Å². The minimum atomic E-state index is -0.0916. The van der Waals surface area contributed by atoms with Gasteiger partial charge in [0.05, 0.1) is 18.8 Å². The van der Waals surface area contributed by atoms with Gasteiger partial charge in [-0.05, 0) is 52.3 Å². The molecule has 2 heterocycles. The molecule has 0 radical (unpaired) electrons. The first-order chi connectivity index (χ1) is 10.1. The number of amides is 1. The molecule has 0 aromatic carbocycles. The molecule has 1 amide bonds. The van der Waals surface area contributed by atoms with E-state index in [1.807, 2.05) is 19.1 Å². The van der Waals surface area contributed by atoms with Crippen LogP contribution in [0.5, 0.6) is 0 Å². The average Bonchev–Trinajstić information content (AvgIpc) is 3.10. The van der Waals surface area contributed by atoms with Gasteiger partial charge in [-0.25, -0.2) is 0 Å². The maximum atomic E-state index is 12.2. The zero-order valence-electron chi connectivity index (χ0n) is 13.3. The molecule has 1 fully saturated rings. The van der Waals surface area contributed by atoms with Gasteiger partial charge < -0.3 is 15.1 Å². The van der Waals surface area contributed by atoms with Crippen molar-refractivity contribution >= 4 is 5.91 Å². The summed E-state index contributed by atoms with van der Waals surface area (Å²) in [7, 11) is 0. The Morgan fingerprint density at radius 2 is 2.33 bits per heavy atom. The van der Waals surface area contributed by atoms with Crippen LogP contribution in [0.4, 0.5) is 0 Å². The highest BCUT2D eigenvalue weighted by atomic mass is 16.3. The smallest absolute Gasteiger partial charge is 0.234 e. The van der Waals surface area contributed by atoms with Gasteiger partial charge in [0.1, 0.15) is 5.76 Å². The topological polar surface area (TPSA) is 57.5 Å². The van der Waals surface area contributed by atoms with Gasteiger partial charge in [0.2, 0.25) is 5.91 Å². The maximum absolute atomic E-state index is 12.2. The fraction of sp³-hybridized carbons (Fsp3) is 0.688. The molecular formula is C16H27N3O2. The molecule has 1 aliphatic heterocycles. The van der Waals surface area contributed by atoms with Gasteiger partial charge >= 0.3 is 0 Å². The number of nitrogens with zero attached hydrogens (tertiary/aromatic N) is 1. The highest BCUT2D eigenvalue weighted by Crippen LogP contribution is 2.13. The molecule has 2 unspecified atom stereocenters. The lowest BCUT2D eigenvalue weighted by molar-refractivity contribution is -0.123. The predicted molar refractivity (Wildman–Crippen MR) is 83.0 cm³/mol. The second kappa shape index (κ2) is 7.61. The van der Waals surface area contributed by atoms with E-state index in [0.717, 1.165) is 18.8 Å². The number of carbonyl (C=O) groups is 1. The molecule has 1 aliphatic rings. The summed E-state index contributed by atoms with van der Waals surface area (Å²) in [5, 5.41) is 6.49. The van der Waals surface area contributed by atoms with Crippen molar-refractivity contribution in [2.45, 2.75) is 51.7 Å². The van der Waals surface area contributed by atoms with Crippen molar-refractivity contribution in [3.05, 3.63) is 24.2 Å². The Hall–Kier alpha value is -1.33. The minimum Gasteiger partial charge on any atom is -0.467 e. The molecule has 2 N–H and O–H groups in total.